The van der Waals surface area contributed by atoms with E-state index in [1.54, 1.807) is 0 Å². The molecule has 0 heterocycles. The highest BCUT2D eigenvalue weighted by Crippen LogP contribution is 2.34. The zero-order valence-electron chi connectivity index (χ0n) is 10.7. The summed E-state index contributed by atoms with van der Waals surface area (Å²) in [5, 5.41) is 19.0. The maximum Gasteiger partial charge on any atom is 0.122 e. The molecule has 0 atom stereocenters. The first-order chi connectivity index (χ1) is 7.36. The van der Waals surface area contributed by atoms with E-state index in [0.717, 1.165) is 23.1 Å². The van der Waals surface area contributed by atoms with Gasteiger partial charge in [-0.1, -0.05) is 38.5 Å². The second kappa shape index (κ2) is 4.88. The molecular formula is C14H22O2. The monoisotopic (exact) mass is 222 g/mol. The summed E-state index contributed by atoms with van der Waals surface area (Å²) in [7, 11) is 0. The van der Waals surface area contributed by atoms with Crippen molar-refractivity contribution >= 4 is 0 Å². The molecule has 2 nitrogen and oxygen atoms in total. The smallest absolute Gasteiger partial charge is 0.122 e. The summed E-state index contributed by atoms with van der Waals surface area (Å²) in [5.41, 5.74) is 3.04. The van der Waals surface area contributed by atoms with Gasteiger partial charge >= 0.3 is 0 Å². The summed E-state index contributed by atoms with van der Waals surface area (Å²) in [6.07, 6.45) is 1.42. The minimum atomic E-state index is -0.0515. The Morgan fingerprint density at radius 3 is 2.31 bits per heavy atom. The van der Waals surface area contributed by atoms with Crippen LogP contribution in [0.15, 0.2) is 12.1 Å². The zero-order chi connectivity index (χ0) is 12.3. The number of phenols is 1. The molecule has 0 radical (unpaired) electrons. The summed E-state index contributed by atoms with van der Waals surface area (Å²) in [5.74, 6) is 0.395. The molecule has 0 aliphatic carbocycles. The van der Waals surface area contributed by atoms with Crippen LogP contribution in [0, 0.1) is 6.92 Å². The van der Waals surface area contributed by atoms with E-state index < -0.39 is 0 Å². The highest BCUT2D eigenvalue weighted by molar-refractivity contribution is 5.46. The Morgan fingerprint density at radius 1 is 1.19 bits per heavy atom. The van der Waals surface area contributed by atoms with Crippen molar-refractivity contribution in [1.82, 2.24) is 0 Å². The van der Waals surface area contributed by atoms with Gasteiger partial charge in [0.05, 0.1) is 0 Å². The first-order valence-corrected chi connectivity index (χ1v) is 5.80. The van der Waals surface area contributed by atoms with E-state index in [-0.39, 0.29) is 12.0 Å². The first kappa shape index (κ1) is 13.0. The Hall–Kier alpha value is -1.02. The lowest BCUT2D eigenvalue weighted by atomic mass is 9.83. The summed E-state index contributed by atoms with van der Waals surface area (Å²) in [6.45, 7) is 8.49. The third kappa shape index (κ3) is 2.99. The molecule has 0 spiro atoms. The number of aliphatic hydroxyl groups is 1. The topological polar surface area (TPSA) is 40.5 Å². The zero-order valence-corrected chi connectivity index (χ0v) is 10.7. The number of hydrogen-bond acceptors (Lipinski definition) is 2. The molecule has 0 fully saturated rings. The molecule has 0 aliphatic heterocycles. The van der Waals surface area contributed by atoms with Crippen molar-refractivity contribution in [2.45, 2.75) is 46.0 Å². The second-order valence-corrected chi connectivity index (χ2v) is 5.40. The van der Waals surface area contributed by atoms with Crippen LogP contribution in [0.25, 0.3) is 0 Å². The highest BCUT2D eigenvalue weighted by Gasteiger charge is 2.20. The van der Waals surface area contributed by atoms with E-state index in [1.807, 2.05) is 19.1 Å². The predicted octanol–water partition coefficient (Wildman–Crippen LogP) is 2.92. The van der Waals surface area contributed by atoms with Gasteiger partial charge in [0.25, 0.3) is 0 Å². The highest BCUT2D eigenvalue weighted by atomic mass is 16.3. The van der Waals surface area contributed by atoms with E-state index >= 15 is 0 Å². The number of aromatic hydroxyl groups is 1. The first-order valence-electron chi connectivity index (χ1n) is 5.80. The Morgan fingerprint density at radius 2 is 1.81 bits per heavy atom. The van der Waals surface area contributed by atoms with Crippen LogP contribution in [0.3, 0.4) is 0 Å². The van der Waals surface area contributed by atoms with Crippen molar-refractivity contribution in [2.24, 2.45) is 0 Å². The Labute approximate surface area is 97.9 Å². The van der Waals surface area contributed by atoms with Crippen LogP contribution >= 0.6 is 0 Å². The summed E-state index contributed by atoms with van der Waals surface area (Å²) in [6, 6.07) is 4.04. The van der Waals surface area contributed by atoms with Crippen LogP contribution in [-0.2, 0) is 11.8 Å². The summed E-state index contributed by atoms with van der Waals surface area (Å²) >= 11 is 0. The van der Waals surface area contributed by atoms with Crippen LogP contribution in [0.1, 0.15) is 43.9 Å². The molecule has 1 rings (SSSR count). The predicted molar refractivity (Wildman–Crippen MR) is 67.0 cm³/mol. The van der Waals surface area contributed by atoms with Crippen molar-refractivity contribution in [3.8, 4) is 5.75 Å². The van der Waals surface area contributed by atoms with E-state index in [4.69, 9.17) is 5.11 Å². The van der Waals surface area contributed by atoms with Gasteiger partial charge in [0, 0.05) is 6.61 Å². The average molecular weight is 222 g/mol. The molecular weight excluding hydrogens is 200 g/mol. The van der Waals surface area contributed by atoms with Crippen molar-refractivity contribution in [3.63, 3.8) is 0 Å². The lowest BCUT2D eigenvalue weighted by molar-refractivity contribution is 0.288. The van der Waals surface area contributed by atoms with Crippen LogP contribution in [0.4, 0.5) is 0 Å². The molecule has 0 unspecified atom stereocenters. The molecule has 2 N–H and O–H groups in total. The van der Waals surface area contributed by atoms with Gasteiger partial charge in [0.1, 0.15) is 5.75 Å². The maximum absolute atomic E-state index is 10.2. The normalized spacial score (nSPS) is 11.8. The fraction of sp³-hybridized carbons (Fsp3) is 0.571. The molecule has 0 bridgehead atoms. The van der Waals surface area contributed by atoms with Gasteiger partial charge in [-0.2, -0.15) is 0 Å². The Kier molecular flexibility index (Phi) is 3.98. The lowest BCUT2D eigenvalue weighted by Crippen LogP contribution is -2.12. The number of phenolic OH excluding ortho intramolecular Hbond substituents is 1. The minimum absolute atomic E-state index is 0.0515. The van der Waals surface area contributed by atoms with Crippen molar-refractivity contribution in [1.29, 1.82) is 0 Å². The fourth-order valence-electron chi connectivity index (χ4n) is 1.89. The second-order valence-electron chi connectivity index (χ2n) is 5.40. The van der Waals surface area contributed by atoms with Gasteiger partial charge in [-0.3, -0.25) is 0 Å². The number of aliphatic hydroxyl groups excluding tert-OH is 1. The summed E-state index contributed by atoms with van der Waals surface area (Å²) in [4.78, 5) is 0. The van der Waals surface area contributed by atoms with Gasteiger partial charge in [-0.05, 0) is 36.3 Å². The molecule has 1 aromatic carbocycles. The average Bonchev–Trinajstić information content (AvgIpc) is 2.17. The van der Waals surface area contributed by atoms with E-state index in [9.17, 15) is 5.11 Å². The number of aryl methyl sites for hydroxylation is 2. The number of rotatable bonds is 3. The third-order valence-corrected chi connectivity index (χ3v) is 2.75. The Bertz CT molecular complexity index is 362. The maximum atomic E-state index is 10.2. The minimum Gasteiger partial charge on any atom is -0.507 e. The molecule has 1 aromatic rings. The van der Waals surface area contributed by atoms with E-state index in [2.05, 4.69) is 20.8 Å². The van der Waals surface area contributed by atoms with Gasteiger partial charge < -0.3 is 10.2 Å². The quantitative estimate of drug-likeness (QED) is 0.825. The van der Waals surface area contributed by atoms with E-state index in [1.165, 1.54) is 0 Å². The van der Waals surface area contributed by atoms with Crippen LogP contribution in [0.5, 0.6) is 5.75 Å². The van der Waals surface area contributed by atoms with Crippen LogP contribution < -0.4 is 0 Å². The van der Waals surface area contributed by atoms with Crippen LogP contribution in [0.2, 0.25) is 0 Å². The molecule has 0 amide bonds. The molecule has 0 aliphatic rings. The number of benzene rings is 1. The van der Waals surface area contributed by atoms with Gasteiger partial charge in [0.2, 0.25) is 0 Å². The molecule has 2 heteroatoms. The number of hydrogen-bond donors (Lipinski definition) is 2. The molecule has 0 saturated carbocycles. The van der Waals surface area contributed by atoms with Gasteiger partial charge in [-0.25, -0.2) is 0 Å². The third-order valence-electron chi connectivity index (χ3n) is 2.75. The Balaban J connectivity index is 3.16. The van der Waals surface area contributed by atoms with Crippen molar-refractivity contribution < 1.29 is 10.2 Å². The SMILES string of the molecule is Cc1cc(CCCO)c(O)c(C(C)(C)C)c1. The molecule has 90 valence electrons. The largest absolute Gasteiger partial charge is 0.507 e. The van der Waals surface area contributed by atoms with Crippen molar-refractivity contribution in [3.05, 3.63) is 28.8 Å². The van der Waals surface area contributed by atoms with E-state index in [0.29, 0.717) is 12.2 Å². The summed E-state index contributed by atoms with van der Waals surface area (Å²) < 4.78 is 0. The van der Waals surface area contributed by atoms with Crippen LogP contribution in [-0.4, -0.2) is 16.8 Å². The van der Waals surface area contributed by atoms with Gasteiger partial charge in [0.15, 0.2) is 0 Å². The van der Waals surface area contributed by atoms with Crippen molar-refractivity contribution in [2.75, 3.05) is 6.61 Å². The van der Waals surface area contributed by atoms with Gasteiger partial charge in [-0.15, -0.1) is 0 Å². The lowest BCUT2D eigenvalue weighted by Gasteiger charge is -2.23. The molecule has 0 saturated heterocycles. The molecule has 0 aromatic heterocycles. The fourth-order valence-corrected chi connectivity index (χ4v) is 1.89. The standard InChI is InChI=1S/C14H22O2/c1-10-8-11(6-5-7-15)13(16)12(9-10)14(2,3)4/h8-9,15-16H,5-7H2,1-4H3. The molecule has 16 heavy (non-hydrogen) atoms.